The van der Waals surface area contributed by atoms with Gasteiger partial charge in [0.2, 0.25) is 0 Å². The third-order valence-corrected chi connectivity index (χ3v) is 7.50. The van der Waals surface area contributed by atoms with E-state index in [4.69, 9.17) is 18.9 Å². The van der Waals surface area contributed by atoms with Crippen LogP contribution in [0.15, 0.2) is 66.7 Å². The number of ether oxygens (including phenoxy) is 4. The van der Waals surface area contributed by atoms with E-state index in [0.29, 0.717) is 18.6 Å². The third kappa shape index (κ3) is 13.0. The highest BCUT2D eigenvalue weighted by atomic mass is 19.1. The second-order valence-corrected chi connectivity index (χ2v) is 11.5. The summed E-state index contributed by atoms with van der Waals surface area (Å²) in [6.07, 6.45) is 11.4. The molecule has 3 aromatic carbocycles. The van der Waals surface area contributed by atoms with Gasteiger partial charge in [0.25, 0.3) is 0 Å². The van der Waals surface area contributed by atoms with Crippen LogP contribution >= 0.6 is 0 Å². The van der Waals surface area contributed by atoms with Crippen LogP contribution in [-0.4, -0.2) is 30.0 Å². The van der Waals surface area contributed by atoms with Crippen molar-refractivity contribution >= 4 is 23.9 Å². The van der Waals surface area contributed by atoms with Gasteiger partial charge in [-0.2, -0.15) is 0 Å². The van der Waals surface area contributed by atoms with E-state index in [-0.39, 0.29) is 40.3 Å². The van der Waals surface area contributed by atoms with Crippen molar-refractivity contribution in [3.05, 3.63) is 89.2 Å². The van der Waals surface area contributed by atoms with Crippen molar-refractivity contribution in [1.82, 2.24) is 0 Å². The quantitative estimate of drug-likeness (QED) is 0.0719. The molecule has 0 aliphatic heterocycles. The molecule has 0 radical (unpaired) electrons. The smallest absolute Gasteiger partial charge is 0.343 e. The summed E-state index contributed by atoms with van der Waals surface area (Å²) in [5.41, 5.74) is 0.147. The van der Waals surface area contributed by atoms with E-state index in [9.17, 15) is 23.6 Å². The fourth-order valence-electron chi connectivity index (χ4n) is 4.77. The van der Waals surface area contributed by atoms with Gasteiger partial charge >= 0.3 is 23.9 Å². The van der Waals surface area contributed by atoms with E-state index in [1.807, 2.05) is 0 Å². The third-order valence-electron chi connectivity index (χ3n) is 7.50. The highest BCUT2D eigenvalue weighted by Gasteiger charge is 2.19. The lowest BCUT2D eigenvalue weighted by Crippen LogP contribution is -2.16. The van der Waals surface area contributed by atoms with Crippen LogP contribution in [0, 0.1) is 5.82 Å². The molecule has 0 bridgehead atoms. The van der Waals surface area contributed by atoms with Crippen LogP contribution in [0.25, 0.3) is 0 Å². The zero-order valence-corrected chi connectivity index (χ0v) is 27.6. The predicted octanol–water partition coefficient (Wildman–Crippen LogP) is 9.44. The molecule has 8 nitrogen and oxygen atoms in total. The van der Waals surface area contributed by atoms with Gasteiger partial charge in [-0.15, -0.1) is 0 Å². The molecule has 0 amide bonds. The van der Waals surface area contributed by atoms with Crippen molar-refractivity contribution in [2.24, 2.45) is 0 Å². The molecule has 252 valence electrons. The topological polar surface area (TPSA) is 105 Å². The first-order valence-electron chi connectivity index (χ1n) is 16.6. The number of hydrogen-bond donors (Lipinski definition) is 0. The minimum atomic E-state index is -0.861. The molecular weight excluding hydrogens is 603 g/mol. The molecule has 1 atom stereocenters. The largest absolute Gasteiger partial charge is 0.459 e. The first-order valence-corrected chi connectivity index (χ1v) is 16.6. The summed E-state index contributed by atoms with van der Waals surface area (Å²) in [5, 5.41) is 0. The van der Waals surface area contributed by atoms with Gasteiger partial charge in [-0.3, -0.25) is 4.79 Å². The van der Waals surface area contributed by atoms with Crippen molar-refractivity contribution in [2.75, 3.05) is 0 Å². The van der Waals surface area contributed by atoms with Gasteiger partial charge in [-0.25, -0.2) is 18.8 Å². The average molecular weight is 649 g/mol. The summed E-state index contributed by atoms with van der Waals surface area (Å²) in [6, 6.07) is 15.2. The van der Waals surface area contributed by atoms with Crippen LogP contribution in [0.5, 0.6) is 17.2 Å². The molecule has 0 aromatic heterocycles. The molecule has 0 N–H and O–H groups in total. The Morgan fingerprint density at radius 1 is 0.596 bits per heavy atom. The standard InChI is InChI=1S/C38H45FO8/c1-4-6-8-10-11-13-15-35(40)45-30-20-16-28(17-21-30)36(41)46-31-22-18-29(19-23-31)37(42)47-32-24-25-33(34(39)26-32)38(43)44-27(3)14-12-9-7-5-2/h16-27H,4-15H2,1-3H3. The Balaban J connectivity index is 1.46. The number of unbranched alkanes of at least 4 members (excludes halogenated alkanes) is 8. The van der Waals surface area contributed by atoms with Crippen molar-refractivity contribution in [3.63, 3.8) is 0 Å². The van der Waals surface area contributed by atoms with Gasteiger partial charge in [0.15, 0.2) is 0 Å². The minimum Gasteiger partial charge on any atom is -0.459 e. The molecule has 3 rings (SSSR count). The molecule has 0 fully saturated rings. The van der Waals surface area contributed by atoms with E-state index >= 15 is 0 Å². The molecule has 3 aromatic rings. The number of hydrogen-bond acceptors (Lipinski definition) is 8. The lowest BCUT2D eigenvalue weighted by Gasteiger charge is -2.14. The average Bonchev–Trinajstić information content (AvgIpc) is 3.05. The molecule has 0 saturated carbocycles. The fourth-order valence-corrected chi connectivity index (χ4v) is 4.77. The summed E-state index contributed by atoms with van der Waals surface area (Å²) >= 11 is 0. The van der Waals surface area contributed by atoms with E-state index in [1.54, 1.807) is 6.92 Å². The van der Waals surface area contributed by atoms with Gasteiger partial charge in [0.05, 0.1) is 22.8 Å². The highest BCUT2D eigenvalue weighted by Crippen LogP contribution is 2.22. The van der Waals surface area contributed by atoms with Crippen LogP contribution < -0.4 is 14.2 Å². The Kier molecular flexibility index (Phi) is 15.6. The predicted molar refractivity (Wildman–Crippen MR) is 176 cm³/mol. The number of esters is 4. The molecule has 9 heteroatoms. The van der Waals surface area contributed by atoms with E-state index in [1.165, 1.54) is 79.9 Å². The Morgan fingerprint density at radius 3 is 1.66 bits per heavy atom. The number of rotatable bonds is 19. The molecule has 0 heterocycles. The second kappa shape index (κ2) is 19.9. The molecule has 0 aliphatic carbocycles. The van der Waals surface area contributed by atoms with Crippen molar-refractivity contribution in [1.29, 1.82) is 0 Å². The summed E-state index contributed by atoms with van der Waals surface area (Å²) < 4.78 is 36.0. The first kappa shape index (κ1) is 36.9. The van der Waals surface area contributed by atoms with Crippen molar-refractivity contribution in [2.45, 2.75) is 104 Å². The number of benzene rings is 3. The van der Waals surface area contributed by atoms with Crippen LogP contribution in [0.2, 0.25) is 0 Å². The maximum atomic E-state index is 14.7. The normalized spacial score (nSPS) is 11.4. The fraction of sp³-hybridized carbons (Fsp3) is 0.421. The van der Waals surface area contributed by atoms with Crippen LogP contribution in [0.1, 0.15) is 129 Å². The SMILES string of the molecule is CCCCCCCCC(=O)Oc1ccc(C(=O)Oc2ccc(C(=O)Oc3ccc(C(=O)OC(C)CCCCCC)c(F)c3)cc2)cc1. The Morgan fingerprint density at radius 2 is 1.09 bits per heavy atom. The van der Waals surface area contributed by atoms with Crippen molar-refractivity contribution in [3.8, 4) is 17.2 Å². The summed E-state index contributed by atoms with van der Waals surface area (Å²) in [7, 11) is 0. The summed E-state index contributed by atoms with van der Waals surface area (Å²) in [6.45, 7) is 6.05. The Labute approximate surface area is 276 Å². The van der Waals surface area contributed by atoms with E-state index < -0.39 is 23.7 Å². The molecule has 0 spiro atoms. The van der Waals surface area contributed by atoms with Crippen LogP contribution in [-0.2, 0) is 9.53 Å². The van der Waals surface area contributed by atoms with Crippen molar-refractivity contribution < 1.29 is 42.5 Å². The first-order chi connectivity index (χ1) is 22.7. The molecule has 1 unspecified atom stereocenters. The number of halogens is 1. The van der Waals surface area contributed by atoms with Crippen LogP contribution in [0.4, 0.5) is 4.39 Å². The monoisotopic (exact) mass is 648 g/mol. The number of carbonyl (C=O) groups is 4. The lowest BCUT2D eigenvalue weighted by molar-refractivity contribution is -0.134. The minimum absolute atomic E-state index is 0.0799. The second-order valence-electron chi connectivity index (χ2n) is 11.5. The van der Waals surface area contributed by atoms with Gasteiger partial charge in [0.1, 0.15) is 23.1 Å². The highest BCUT2D eigenvalue weighted by molar-refractivity contribution is 5.93. The van der Waals surface area contributed by atoms with Gasteiger partial charge in [-0.1, -0.05) is 65.2 Å². The molecule has 47 heavy (non-hydrogen) atoms. The van der Waals surface area contributed by atoms with Gasteiger partial charge in [-0.05, 0) is 86.8 Å². The summed E-state index contributed by atoms with van der Waals surface area (Å²) in [5.74, 6) is -2.89. The molecule has 0 aliphatic rings. The summed E-state index contributed by atoms with van der Waals surface area (Å²) in [4.78, 5) is 49.7. The maximum Gasteiger partial charge on any atom is 0.343 e. The zero-order valence-electron chi connectivity index (χ0n) is 27.6. The maximum absolute atomic E-state index is 14.7. The van der Waals surface area contributed by atoms with E-state index in [2.05, 4.69) is 13.8 Å². The van der Waals surface area contributed by atoms with Crippen LogP contribution in [0.3, 0.4) is 0 Å². The molecule has 0 saturated heterocycles. The zero-order chi connectivity index (χ0) is 34.0. The number of carbonyl (C=O) groups excluding carboxylic acids is 4. The Bertz CT molecular complexity index is 1450. The van der Waals surface area contributed by atoms with E-state index in [0.717, 1.165) is 51.0 Å². The molecular formula is C38H45FO8. The Hall–Kier alpha value is -4.53. The van der Waals surface area contributed by atoms with Gasteiger partial charge < -0.3 is 18.9 Å². The van der Waals surface area contributed by atoms with Gasteiger partial charge in [0, 0.05) is 12.5 Å². The lowest BCUT2D eigenvalue weighted by atomic mass is 10.1.